The Labute approximate surface area is 158 Å². The average Bonchev–Trinajstić information content (AvgIpc) is 2.54. The molecule has 0 saturated carbocycles. The van der Waals surface area contributed by atoms with Crippen LogP contribution in [0, 0.1) is 13.8 Å². The lowest BCUT2D eigenvalue weighted by molar-refractivity contribution is -0.117. The second kappa shape index (κ2) is 8.72. The number of anilines is 2. The molecule has 2 aromatic rings. The molecule has 0 aliphatic rings. The van der Waals surface area contributed by atoms with Crippen LogP contribution in [0.1, 0.15) is 24.5 Å². The first-order chi connectivity index (χ1) is 12.3. The molecule has 0 bridgehead atoms. The molecule has 138 valence electrons. The van der Waals surface area contributed by atoms with Gasteiger partial charge in [-0.25, -0.2) is 0 Å². The Balaban J connectivity index is 2.03. The lowest BCUT2D eigenvalue weighted by Gasteiger charge is -2.22. The van der Waals surface area contributed by atoms with Gasteiger partial charge in [0.25, 0.3) is 0 Å². The third-order valence-corrected chi connectivity index (χ3v) is 4.19. The average molecular weight is 375 g/mol. The number of carbonyl (C=O) groups is 2. The molecule has 0 aliphatic carbocycles. The Kier molecular flexibility index (Phi) is 6.64. The van der Waals surface area contributed by atoms with Crippen molar-refractivity contribution < 1.29 is 14.3 Å². The number of amides is 2. The van der Waals surface area contributed by atoms with Crippen molar-refractivity contribution >= 4 is 34.8 Å². The van der Waals surface area contributed by atoms with E-state index < -0.39 is 0 Å². The minimum absolute atomic E-state index is 0.102. The van der Waals surface area contributed by atoms with Gasteiger partial charge >= 0.3 is 0 Å². The molecular weight excluding hydrogens is 352 g/mol. The normalized spacial score (nSPS) is 10.3. The molecule has 0 unspecified atom stereocenters. The van der Waals surface area contributed by atoms with Crippen molar-refractivity contribution in [2.24, 2.45) is 0 Å². The van der Waals surface area contributed by atoms with Gasteiger partial charge in [-0.3, -0.25) is 9.59 Å². The molecule has 2 rings (SSSR count). The summed E-state index contributed by atoms with van der Waals surface area (Å²) in [6.07, 6.45) is 0.177. The summed E-state index contributed by atoms with van der Waals surface area (Å²) < 4.78 is 5.09. The number of rotatable bonds is 6. The zero-order valence-electron chi connectivity index (χ0n) is 15.4. The topological polar surface area (TPSA) is 58.6 Å². The van der Waals surface area contributed by atoms with Crippen LogP contribution in [0.2, 0.25) is 5.02 Å². The van der Waals surface area contributed by atoms with Crippen LogP contribution in [0.25, 0.3) is 0 Å². The van der Waals surface area contributed by atoms with Crippen molar-refractivity contribution in [3.05, 3.63) is 52.5 Å². The lowest BCUT2D eigenvalue weighted by atomic mass is 10.1. The predicted molar refractivity (Wildman–Crippen MR) is 105 cm³/mol. The van der Waals surface area contributed by atoms with Crippen molar-refractivity contribution in [1.82, 2.24) is 0 Å². The second-order valence-electron chi connectivity index (χ2n) is 6.16. The Morgan fingerprint density at radius 1 is 1.12 bits per heavy atom. The number of hydrogen-bond donors (Lipinski definition) is 1. The summed E-state index contributed by atoms with van der Waals surface area (Å²) in [5.74, 6) is 0.249. The highest BCUT2D eigenvalue weighted by Crippen LogP contribution is 2.27. The smallest absolute Gasteiger partial charge is 0.226 e. The maximum Gasteiger partial charge on any atom is 0.226 e. The summed E-state index contributed by atoms with van der Waals surface area (Å²) in [6.45, 7) is 5.76. The molecule has 1 N–H and O–H groups in total. The number of ether oxygens (including phenoxy) is 1. The van der Waals surface area contributed by atoms with E-state index in [0.717, 1.165) is 16.8 Å². The van der Waals surface area contributed by atoms with E-state index in [-0.39, 0.29) is 18.2 Å². The molecule has 0 atom stereocenters. The van der Waals surface area contributed by atoms with Crippen molar-refractivity contribution in [3.63, 3.8) is 0 Å². The fourth-order valence-electron chi connectivity index (χ4n) is 2.76. The number of benzene rings is 2. The zero-order valence-corrected chi connectivity index (χ0v) is 16.2. The van der Waals surface area contributed by atoms with Gasteiger partial charge in [0.2, 0.25) is 11.8 Å². The van der Waals surface area contributed by atoms with E-state index in [4.69, 9.17) is 16.3 Å². The van der Waals surface area contributed by atoms with E-state index >= 15 is 0 Å². The van der Waals surface area contributed by atoms with Crippen LogP contribution >= 0.6 is 11.6 Å². The molecule has 0 saturated heterocycles. The lowest BCUT2D eigenvalue weighted by Crippen LogP contribution is -2.32. The molecule has 0 radical (unpaired) electrons. The van der Waals surface area contributed by atoms with Crippen molar-refractivity contribution in [3.8, 4) is 5.75 Å². The minimum atomic E-state index is -0.193. The molecule has 26 heavy (non-hydrogen) atoms. The summed E-state index contributed by atoms with van der Waals surface area (Å²) in [4.78, 5) is 25.9. The van der Waals surface area contributed by atoms with Crippen molar-refractivity contribution in [2.45, 2.75) is 27.2 Å². The maximum absolute atomic E-state index is 12.2. The molecule has 2 amide bonds. The molecule has 0 aromatic heterocycles. The zero-order chi connectivity index (χ0) is 19.3. The number of nitrogens with zero attached hydrogens (tertiary/aromatic N) is 1. The monoisotopic (exact) mass is 374 g/mol. The summed E-state index contributed by atoms with van der Waals surface area (Å²) in [6, 6.07) is 11.0. The molecule has 6 heteroatoms. The van der Waals surface area contributed by atoms with Crippen LogP contribution in [0.3, 0.4) is 0 Å². The highest BCUT2D eigenvalue weighted by molar-refractivity contribution is 6.32. The molecule has 0 heterocycles. The molecule has 0 spiro atoms. The summed E-state index contributed by atoms with van der Waals surface area (Å²) in [5, 5.41) is 3.21. The Morgan fingerprint density at radius 2 is 1.77 bits per heavy atom. The maximum atomic E-state index is 12.2. The highest BCUT2D eigenvalue weighted by atomic mass is 35.5. The standard InChI is InChI=1S/C20H23ClN2O3/c1-13-9-14(2)11-17(10-13)23(15(3)24)8-7-20(25)22-16-5-6-19(26-4)18(21)12-16/h5-6,9-12H,7-8H2,1-4H3,(H,22,25). The number of hydrogen-bond acceptors (Lipinski definition) is 3. The largest absolute Gasteiger partial charge is 0.495 e. The van der Waals surface area contributed by atoms with Crippen LogP contribution in [0.15, 0.2) is 36.4 Å². The summed E-state index contributed by atoms with van der Waals surface area (Å²) >= 11 is 6.06. The fourth-order valence-corrected chi connectivity index (χ4v) is 3.01. The minimum Gasteiger partial charge on any atom is -0.495 e. The van der Waals surface area contributed by atoms with Crippen LogP contribution < -0.4 is 15.0 Å². The number of methoxy groups -OCH3 is 1. The number of carbonyl (C=O) groups excluding carboxylic acids is 2. The van der Waals surface area contributed by atoms with Crippen LogP contribution in [-0.4, -0.2) is 25.5 Å². The molecular formula is C20H23ClN2O3. The van der Waals surface area contributed by atoms with Crippen molar-refractivity contribution in [2.75, 3.05) is 23.9 Å². The first-order valence-corrected chi connectivity index (χ1v) is 8.67. The first kappa shape index (κ1) is 19.8. The van der Waals surface area contributed by atoms with Gasteiger partial charge in [-0.05, 0) is 55.3 Å². The number of aryl methyl sites for hydroxylation is 2. The van der Waals surface area contributed by atoms with Gasteiger partial charge in [0, 0.05) is 31.3 Å². The van der Waals surface area contributed by atoms with Gasteiger partial charge in [-0.2, -0.15) is 0 Å². The van der Waals surface area contributed by atoms with E-state index in [1.54, 1.807) is 23.1 Å². The van der Waals surface area contributed by atoms with Crippen LogP contribution in [0.4, 0.5) is 11.4 Å². The Hall–Kier alpha value is -2.53. The van der Waals surface area contributed by atoms with Gasteiger partial charge in [-0.1, -0.05) is 17.7 Å². The van der Waals surface area contributed by atoms with Gasteiger partial charge in [0.05, 0.1) is 12.1 Å². The van der Waals surface area contributed by atoms with Gasteiger partial charge in [-0.15, -0.1) is 0 Å². The van der Waals surface area contributed by atoms with E-state index in [1.165, 1.54) is 14.0 Å². The van der Waals surface area contributed by atoms with Crippen LogP contribution in [-0.2, 0) is 9.59 Å². The SMILES string of the molecule is COc1ccc(NC(=O)CCN(C(C)=O)c2cc(C)cc(C)c2)cc1Cl. The van der Waals surface area contributed by atoms with E-state index in [1.807, 2.05) is 32.0 Å². The van der Waals surface area contributed by atoms with E-state index in [9.17, 15) is 9.59 Å². The highest BCUT2D eigenvalue weighted by Gasteiger charge is 2.14. The quantitative estimate of drug-likeness (QED) is 0.817. The molecule has 2 aromatic carbocycles. The van der Waals surface area contributed by atoms with E-state index in [0.29, 0.717) is 23.0 Å². The second-order valence-corrected chi connectivity index (χ2v) is 6.57. The van der Waals surface area contributed by atoms with Crippen molar-refractivity contribution in [1.29, 1.82) is 0 Å². The van der Waals surface area contributed by atoms with Gasteiger partial charge in [0.15, 0.2) is 0 Å². The molecule has 0 aliphatic heterocycles. The number of nitrogens with one attached hydrogen (secondary N) is 1. The third kappa shape index (κ3) is 5.23. The molecule has 0 fully saturated rings. The Bertz CT molecular complexity index is 800. The van der Waals surface area contributed by atoms with Gasteiger partial charge < -0.3 is 15.0 Å². The Morgan fingerprint density at radius 3 is 2.31 bits per heavy atom. The number of halogens is 1. The van der Waals surface area contributed by atoms with Gasteiger partial charge in [0.1, 0.15) is 5.75 Å². The molecule has 5 nitrogen and oxygen atoms in total. The van der Waals surface area contributed by atoms with Crippen LogP contribution in [0.5, 0.6) is 5.75 Å². The summed E-state index contributed by atoms with van der Waals surface area (Å²) in [5.41, 5.74) is 3.53. The van der Waals surface area contributed by atoms with E-state index in [2.05, 4.69) is 5.32 Å². The third-order valence-electron chi connectivity index (χ3n) is 3.90. The summed E-state index contributed by atoms with van der Waals surface area (Å²) in [7, 11) is 1.53. The fraction of sp³-hybridized carbons (Fsp3) is 0.300. The predicted octanol–water partition coefficient (Wildman–Crippen LogP) is 4.35. The first-order valence-electron chi connectivity index (χ1n) is 8.30.